The summed E-state index contributed by atoms with van der Waals surface area (Å²) >= 11 is 0. The van der Waals surface area contributed by atoms with E-state index in [9.17, 15) is 0 Å². The van der Waals surface area contributed by atoms with Crippen molar-refractivity contribution in [2.75, 3.05) is 26.5 Å². The molecule has 2 rings (SSSR count). The van der Waals surface area contributed by atoms with Crippen molar-refractivity contribution in [2.24, 2.45) is 5.92 Å². The molecule has 0 saturated carbocycles. The van der Waals surface area contributed by atoms with Crippen molar-refractivity contribution in [1.29, 1.82) is 0 Å². The monoisotopic (exact) mass is 185 g/mol. The minimum Gasteiger partial charge on any atom is -0.355 e. The van der Waals surface area contributed by atoms with Crippen LogP contribution in [0.5, 0.6) is 0 Å². The SMILES string of the molecule is CC(C)(C)N1CC2COCOC2C1. The lowest BCUT2D eigenvalue weighted by atomic mass is 10.1. The number of nitrogens with zero attached hydrogens (tertiary/aromatic N) is 1. The standard InChI is InChI=1S/C10H19NO2/c1-10(2,3)11-4-8-6-12-7-13-9(8)5-11/h8-9H,4-7H2,1-3H3. The lowest BCUT2D eigenvalue weighted by Gasteiger charge is -2.31. The summed E-state index contributed by atoms with van der Waals surface area (Å²) in [6.07, 6.45) is 0.410. The molecule has 0 spiro atoms. The van der Waals surface area contributed by atoms with Crippen molar-refractivity contribution in [3.63, 3.8) is 0 Å². The second-order valence-corrected chi connectivity index (χ2v) is 5.03. The van der Waals surface area contributed by atoms with Gasteiger partial charge < -0.3 is 9.47 Å². The lowest BCUT2D eigenvalue weighted by Crippen LogP contribution is -2.40. The van der Waals surface area contributed by atoms with Gasteiger partial charge in [-0.05, 0) is 20.8 Å². The second kappa shape index (κ2) is 3.23. The van der Waals surface area contributed by atoms with Crippen LogP contribution in [0.25, 0.3) is 0 Å². The fourth-order valence-electron chi connectivity index (χ4n) is 2.07. The van der Waals surface area contributed by atoms with Crippen LogP contribution in [-0.2, 0) is 9.47 Å². The van der Waals surface area contributed by atoms with Crippen molar-refractivity contribution in [3.05, 3.63) is 0 Å². The van der Waals surface area contributed by atoms with E-state index in [1.165, 1.54) is 0 Å². The number of hydrogen-bond acceptors (Lipinski definition) is 3. The summed E-state index contributed by atoms with van der Waals surface area (Å²) in [6, 6.07) is 0. The van der Waals surface area contributed by atoms with Gasteiger partial charge in [-0.3, -0.25) is 4.90 Å². The molecule has 2 aliphatic rings. The first-order chi connectivity index (χ1) is 6.07. The molecular formula is C10H19NO2. The van der Waals surface area contributed by atoms with Gasteiger partial charge in [0, 0.05) is 24.5 Å². The molecule has 0 aromatic rings. The highest BCUT2D eigenvalue weighted by Crippen LogP contribution is 2.28. The fourth-order valence-corrected chi connectivity index (χ4v) is 2.07. The average Bonchev–Trinajstić information content (AvgIpc) is 2.45. The van der Waals surface area contributed by atoms with Gasteiger partial charge in [0.1, 0.15) is 6.79 Å². The van der Waals surface area contributed by atoms with E-state index in [4.69, 9.17) is 9.47 Å². The Morgan fingerprint density at radius 3 is 2.62 bits per heavy atom. The average molecular weight is 185 g/mol. The molecule has 2 aliphatic heterocycles. The summed E-state index contributed by atoms with van der Waals surface area (Å²) < 4.78 is 10.9. The molecule has 3 heteroatoms. The highest BCUT2D eigenvalue weighted by molar-refractivity contribution is 4.91. The van der Waals surface area contributed by atoms with E-state index in [1.807, 2.05) is 0 Å². The summed E-state index contributed by atoms with van der Waals surface area (Å²) in [5.41, 5.74) is 0.265. The normalized spacial score (nSPS) is 36.2. The minimum atomic E-state index is 0.265. The molecular weight excluding hydrogens is 166 g/mol. The van der Waals surface area contributed by atoms with Gasteiger partial charge >= 0.3 is 0 Å². The zero-order valence-electron chi connectivity index (χ0n) is 8.75. The molecule has 0 amide bonds. The molecule has 0 N–H and O–H groups in total. The van der Waals surface area contributed by atoms with E-state index in [0.29, 0.717) is 18.8 Å². The molecule has 2 atom stereocenters. The Morgan fingerprint density at radius 1 is 1.23 bits per heavy atom. The Morgan fingerprint density at radius 2 is 2.00 bits per heavy atom. The molecule has 0 radical (unpaired) electrons. The van der Waals surface area contributed by atoms with Crippen LogP contribution >= 0.6 is 0 Å². The molecule has 13 heavy (non-hydrogen) atoms. The van der Waals surface area contributed by atoms with Crippen LogP contribution in [0.3, 0.4) is 0 Å². The lowest BCUT2D eigenvalue weighted by molar-refractivity contribution is -0.154. The second-order valence-electron chi connectivity index (χ2n) is 5.03. The smallest absolute Gasteiger partial charge is 0.147 e. The molecule has 76 valence electrons. The minimum absolute atomic E-state index is 0.265. The van der Waals surface area contributed by atoms with Crippen molar-refractivity contribution >= 4 is 0 Å². The Kier molecular flexibility index (Phi) is 2.34. The third kappa shape index (κ3) is 1.87. The largest absolute Gasteiger partial charge is 0.355 e. The van der Waals surface area contributed by atoms with Gasteiger partial charge in [-0.15, -0.1) is 0 Å². The number of ether oxygens (including phenoxy) is 2. The van der Waals surface area contributed by atoms with Crippen LogP contribution in [0.2, 0.25) is 0 Å². The van der Waals surface area contributed by atoms with Crippen molar-refractivity contribution in [1.82, 2.24) is 4.90 Å². The van der Waals surface area contributed by atoms with Gasteiger partial charge in [-0.25, -0.2) is 0 Å². The van der Waals surface area contributed by atoms with Crippen molar-refractivity contribution in [3.8, 4) is 0 Å². The van der Waals surface area contributed by atoms with Gasteiger partial charge in [0.2, 0.25) is 0 Å². The summed E-state index contributed by atoms with van der Waals surface area (Å²) in [4.78, 5) is 2.48. The molecule has 2 saturated heterocycles. The van der Waals surface area contributed by atoms with Crippen LogP contribution in [0.4, 0.5) is 0 Å². The quantitative estimate of drug-likeness (QED) is 0.564. The maximum atomic E-state index is 5.56. The van der Waals surface area contributed by atoms with Gasteiger partial charge in [-0.1, -0.05) is 0 Å². The molecule has 0 bridgehead atoms. The molecule has 2 heterocycles. The fraction of sp³-hybridized carbons (Fsp3) is 1.00. The molecule has 3 nitrogen and oxygen atoms in total. The predicted octanol–water partition coefficient (Wildman–Crippen LogP) is 1.09. The zero-order chi connectivity index (χ0) is 9.47. The molecule has 2 unspecified atom stereocenters. The highest BCUT2D eigenvalue weighted by Gasteiger charge is 2.39. The number of likely N-dealkylation sites (tertiary alicyclic amines) is 1. The van der Waals surface area contributed by atoms with Crippen LogP contribution in [0.1, 0.15) is 20.8 Å². The summed E-state index contributed by atoms with van der Waals surface area (Å²) in [5.74, 6) is 0.591. The highest BCUT2D eigenvalue weighted by atomic mass is 16.7. The summed E-state index contributed by atoms with van der Waals surface area (Å²) in [5, 5.41) is 0. The van der Waals surface area contributed by atoms with E-state index in [2.05, 4.69) is 25.7 Å². The first-order valence-electron chi connectivity index (χ1n) is 5.02. The Hall–Kier alpha value is -0.120. The third-order valence-corrected chi connectivity index (χ3v) is 3.03. The first kappa shape index (κ1) is 9.44. The van der Waals surface area contributed by atoms with Crippen LogP contribution in [-0.4, -0.2) is 43.0 Å². The van der Waals surface area contributed by atoms with Gasteiger partial charge in [-0.2, -0.15) is 0 Å². The van der Waals surface area contributed by atoms with Gasteiger partial charge in [0.25, 0.3) is 0 Å². The van der Waals surface area contributed by atoms with Crippen LogP contribution in [0.15, 0.2) is 0 Å². The number of hydrogen-bond donors (Lipinski definition) is 0. The Balaban J connectivity index is 1.99. The maximum absolute atomic E-state index is 5.56. The predicted molar refractivity (Wildman–Crippen MR) is 50.5 cm³/mol. The Bertz CT molecular complexity index is 174. The van der Waals surface area contributed by atoms with Gasteiger partial charge in [0.05, 0.1) is 12.7 Å². The van der Waals surface area contributed by atoms with E-state index < -0.39 is 0 Å². The van der Waals surface area contributed by atoms with E-state index in [0.717, 1.165) is 19.7 Å². The number of rotatable bonds is 0. The van der Waals surface area contributed by atoms with Crippen molar-refractivity contribution in [2.45, 2.75) is 32.4 Å². The van der Waals surface area contributed by atoms with E-state index >= 15 is 0 Å². The molecule has 0 aliphatic carbocycles. The first-order valence-corrected chi connectivity index (χ1v) is 5.02. The zero-order valence-corrected chi connectivity index (χ0v) is 8.75. The van der Waals surface area contributed by atoms with Crippen molar-refractivity contribution < 1.29 is 9.47 Å². The topological polar surface area (TPSA) is 21.7 Å². The molecule has 2 fully saturated rings. The maximum Gasteiger partial charge on any atom is 0.147 e. The third-order valence-electron chi connectivity index (χ3n) is 3.03. The van der Waals surface area contributed by atoms with Crippen LogP contribution < -0.4 is 0 Å². The van der Waals surface area contributed by atoms with Gasteiger partial charge in [0.15, 0.2) is 0 Å². The molecule has 0 aromatic carbocycles. The summed E-state index contributed by atoms with van der Waals surface area (Å²) in [7, 11) is 0. The molecule has 0 aromatic heterocycles. The Labute approximate surface area is 80.0 Å². The summed E-state index contributed by atoms with van der Waals surface area (Å²) in [6.45, 7) is 10.3. The van der Waals surface area contributed by atoms with E-state index in [1.54, 1.807) is 0 Å². The van der Waals surface area contributed by atoms with Crippen LogP contribution in [0, 0.1) is 5.92 Å². The number of fused-ring (bicyclic) bond motifs is 1. The van der Waals surface area contributed by atoms with E-state index in [-0.39, 0.29) is 5.54 Å².